The fraction of sp³-hybridized carbons (Fsp3) is 0.111. The highest BCUT2D eigenvalue weighted by Gasteiger charge is 2.12. The van der Waals surface area contributed by atoms with Gasteiger partial charge in [-0.05, 0) is 35.4 Å². The van der Waals surface area contributed by atoms with E-state index in [9.17, 15) is 0 Å². The smallest absolute Gasteiger partial charge is 0.176 e. The lowest BCUT2D eigenvalue weighted by Crippen LogP contribution is -2.07. The van der Waals surface area contributed by atoms with Gasteiger partial charge in [0, 0.05) is 62.7 Å². The maximum atomic E-state index is 4.51. The van der Waals surface area contributed by atoms with E-state index in [1.165, 1.54) is 11.1 Å². The first-order chi connectivity index (χ1) is 11.9. The quantitative estimate of drug-likeness (QED) is 0.568. The van der Waals surface area contributed by atoms with Crippen molar-refractivity contribution in [3.8, 4) is 11.6 Å². The summed E-state index contributed by atoms with van der Waals surface area (Å²) >= 11 is 0. The molecule has 0 saturated carbocycles. The zero-order valence-corrected chi connectivity index (χ0v) is 13.0. The van der Waals surface area contributed by atoms with E-state index in [0.717, 1.165) is 24.7 Å². The lowest BCUT2D eigenvalue weighted by Gasteiger charge is -2.10. The molecular weight excluding hydrogens is 300 g/mol. The van der Waals surface area contributed by atoms with Gasteiger partial charge in [0.15, 0.2) is 11.6 Å². The van der Waals surface area contributed by atoms with Crippen LogP contribution in [0.25, 0.3) is 11.6 Å². The van der Waals surface area contributed by atoms with Crippen molar-refractivity contribution < 1.29 is 0 Å². The van der Waals surface area contributed by atoms with E-state index in [1.54, 1.807) is 24.8 Å². The molecule has 0 amide bonds. The van der Waals surface area contributed by atoms with Gasteiger partial charge in [-0.1, -0.05) is 0 Å². The number of hydrogen-bond acceptors (Lipinski definition) is 4. The fourth-order valence-corrected chi connectivity index (χ4v) is 2.66. The van der Waals surface area contributed by atoms with E-state index in [1.807, 2.05) is 49.1 Å². The van der Waals surface area contributed by atoms with Crippen LogP contribution in [0.1, 0.15) is 11.1 Å². The highest BCUT2D eigenvalue weighted by molar-refractivity contribution is 5.45. The number of aromatic nitrogens is 6. The van der Waals surface area contributed by atoms with Crippen LogP contribution >= 0.6 is 0 Å². The minimum absolute atomic E-state index is 0.736. The largest absolute Gasteiger partial charge is 0.324 e. The van der Waals surface area contributed by atoms with E-state index in [2.05, 4.69) is 29.1 Å². The highest BCUT2D eigenvalue weighted by Crippen LogP contribution is 2.18. The topological polar surface area (TPSA) is 61.4 Å². The minimum Gasteiger partial charge on any atom is -0.324 e. The summed E-state index contributed by atoms with van der Waals surface area (Å²) in [5, 5.41) is 0. The van der Waals surface area contributed by atoms with Crippen molar-refractivity contribution in [3.05, 3.63) is 85.0 Å². The van der Waals surface area contributed by atoms with Crippen LogP contribution in [-0.2, 0) is 13.1 Å². The molecule has 4 aromatic heterocycles. The molecule has 0 aliphatic rings. The highest BCUT2D eigenvalue weighted by atomic mass is 15.2. The summed E-state index contributed by atoms with van der Waals surface area (Å²) < 4.78 is 4.20. The van der Waals surface area contributed by atoms with E-state index in [-0.39, 0.29) is 0 Å². The van der Waals surface area contributed by atoms with Gasteiger partial charge in [-0.3, -0.25) is 9.97 Å². The predicted octanol–water partition coefficient (Wildman–Crippen LogP) is 2.63. The van der Waals surface area contributed by atoms with Crippen molar-refractivity contribution in [3.63, 3.8) is 0 Å². The second kappa shape index (κ2) is 6.45. The van der Waals surface area contributed by atoms with Crippen molar-refractivity contribution in [2.24, 2.45) is 0 Å². The van der Waals surface area contributed by atoms with Crippen LogP contribution in [0.15, 0.2) is 73.8 Å². The summed E-state index contributed by atoms with van der Waals surface area (Å²) in [6.45, 7) is 1.47. The Labute approximate surface area is 139 Å². The number of hydrogen-bond donors (Lipinski definition) is 0. The van der Waals surface area contributed by atoms with Crippen molar-refractivity contribution in [1.29, 1.82) is 0 Å². The molecule has 4 aromatic rings. The fourth-order valence-electron chi connectivity index (χ4n) is 2.66. The van der Waals surface area contributed by atoms with Gasteiger partial charge < -0.3 is 9.13 Å². The molecular formula is C18H16N6. The number of rotatable bonds is 5. The summed E-state index contributed by atoms with van der Waals surface area (Å²) in [4.78, 5) is 17.1. The summed E-state index contributed by atoms with van der Waals surface area (Å²) in [5.74, 6) is 1.71. The third kappa shape index (κ3) is 2.94. The Balaban J connectivity index is 1.64. The molecule has 0 saturated heterocycles. The van der Waals surface area contributed by atoms with E-state index in [4.69, 9.17) is 0 Å². The van der Waals surface area contributed by atoms with Gasteiger partial charge in [0.05, 0.1) is 0 Å². The first-order valence-electron chi connectivity index (χ1n) is 7.70. The van der Waals surface area contributed by atoms with Crippen molar-refractivity contribution in [2.75, 3.05) is 0 Å². The molecule has 0 bridgehead atoms. The average molecular weight is 316 g/mol. The van der Waals surface area contributed by atoms with E-state index in [0.29, 0.717) is 0 Å². The summed E-state index contributed by atoms with van der Waals surface area (Å²) in [6, 6.07) is 8.03. The monoisotopic (exact) mass is 316 g/mol. The molecule has 0 atom stereocenters. The van der Waals surface area contributed by atoms with Gasteiger partial charge in [0.2, 0.25) is 0 Å². The number of nitrogens with zero attached hydrogens (tertiary/aromatic N) is 6. The molecule has 6 heteroatoms. The van der Waals surface area contributed by atoms with Crippen LogP contribution in [-0.4, -0.2) is 29.1 Å². The van der Waals surface area contributed by atoms with Crippen LogP contribution in [0, 0.1) is 0 Å². The van der Waals surface area contributed by atoms with Crippen LogP contribution in [0.5, 0.6) is 0 Å². The Morgan fingerprint density at radius 1 is 0.583 bits per heavy atom. The molecule has 0 spiro atoms. The SMILES string of the molecule is c1cc(Cn2ccnc2-c2nccn2Cc2ccncc2)ccn1. The molecule has 118 valence electrons. The minimum atomic E-state index is 0.736. The molecule has 0 unspecified atom stereocenters. The first kappa shape index (κ1) is 14.3. The molecule has 0 fully saturated rings. The normalized spacial score (nSPS) is 10.8. The van der Waals surface area contributed by atoms with Crippen LogP contribution in [0.3, 0.4) is 0 Å². The van der Waals surface area contributed by atoms with Crippen LogP contribution in [0.2, 0.25) is 0 Å². The Hall–Kier alpha value is -3.28. The predicted molar refractivity (Wildman–Crippen MR) is 90.1 cm³/mol. The van der Waals surface area contributed by atoms with Gasteiger partial charge in [0.25, 0.3) is 0 Å². The second-order valence-corrected chi connectivity index (χ2v) is 5.47. The molecule has 24 heavy (non-hydrogen) atoms. The summed E-state index contributed by atoms with van der Waals surface area (Å²) in [7, 11) is 0. The Bertz CT molecular complexity index is 833. The van der Waals surface area contributed by atoms with Gasteiger partial charge >= 0.3 is 0 Å². The lowest BCUT2D eigenvalue weighted by atomic mass is 10.2. The maximum absolute atomic E-state index is 4.51. The van der Waals surface area contributed by atoms with E-state index >= 15 is 0 Å². The summed E-state index contributed by atoms with van der Waals surface area (Å²) in [5.41, 5.74) is 2.35. The summed E-state index contributed by atoms with van der Waals surface area (Å²) in [6.07, 6.45) is 14.8. The molecule has 6 nitrogen and oxygen atoms in total. The number of pyridine rings is 2. The van der Waals surface area contributed by atoms with Crippen LogP contribution < -0.4 is 0 Å². The van der Waals surface area contributed by atoms with Gasteiger partial charge in [-0.25, -0.2) is 9.97 Å². The molecule has 0 aromatic carbocycles. The molecule has 0 aliphatic heterocycles. The molecule has 0 N–H and O–H groups in total. The van der Waals surface area contributed by atoms with Gasteiger partial charge in [0.1, 0.15) is 0 Å². The van der Waals surface area contributed by atoms with Crippen molar-refractivity contribution in [1.82, 2.24) is 29.1 Å². The van der Waals surface area contributed by atoms with Crippen molar-refractivity contribution >= 4 is 0 Å². The van der Waals surface area contributed by atoms with Gasteiger partial charge in [-0.2, -0.15) is 0 Å². The third-order valence-corrected chi connectivity index (χ3v) is 3.84. The molecule has 4 rings (SSSR count). The standard InChI is InChI=1S/C18H16N6/c1-5-19-6-2-15(1)13-23-11-9-21-17(23)18-22-10-12-24(18)14-16-3-7-20-8-4-16/h1-12H,13-14H2. The van der Waals surface area contributed by atoms with E-state index < -0.39 is 0 Å². The zero-order valence-electron chi connectivity index (χ0n) is 13.0. The van der Waals surface area contributed by atoms with Crippen molar-refractivity contribution in [2.45, 2.75) is 13.1 Å². The van der Waals surface area contributed by atoms with Gasteiger partial charge in [-0.15, -0.1) is 0 Å². The Kier molecular flexibility index (Phi) is 3.85. The Morgan fingerprint density at radius 3 is 1.42 bits per heavy atom. The number of imidazole rings is 2. The third-order valence-electron chi connectivity index (χ3n) is 3.84. The molecule has 0 aliphatic carbocycles. The molecule has 0 radical (unpaired) electrons. The second-order valence-electron chi connectivity index (χ2n) is 5.47. The molecule has 4 heterocycles. The average Bonchev–Trinajstić information content (AvgIpc) is 3.26. The maximum Gasteiger partial charge on any atom is 0.176 e. The Morgan fingerprint density at radius 2 is 1.00 bits per heavy atom. The van der Waals surface area contributed by atoms with Crippen LogP contribution in [0.4, 0.5) is 0 Å². The zero-order chi connectivity index (χ0) is 16.2. The lowest BCUT2D eigenvalue weighted by molar-refractivity contribution is 0.758. The first-order valence-corrected chi connectivity index (χ1v) is 7.70.